The third-order valence-corrected chi connectivity index (χ3v) is 12.8. The molecule has 7 heterocycles. The van der Waals surface area contributed by atoms with Crippen LogP contribution in [-0.2, 0) is 56.2 Å². The topological polar surface area (TPSA) is 155 Å². The zero-order valence-electron chi connectivity index (χ0n) is 35.6. The van der Waals surface area contributed by atoms with Gasteiger partial charge in [0.2, 0.25) is 0 Å². The van der Waals surface area contributed by atoms with E-state index in [1.807, 2.05) is 36.8 Å². The lowest BCUT2D eigenvalue weighted by Gasteiger charge is -2.35. The molecule has 2 amide bonds. The van der Waals surface area contributed by atoms with E-state index in [2.05, 4.69) is 65.3 Å². The molecule has 0 aliphatic carbocycles. The van der Waals surface area contributed by atoms with Crippen LogP contribution in [0.15, 0.2) is 48.1 Å². The molecule has 5 aromatic rings. The van der Waals surface area contributed by atoms with E-state index in [9.17, 15) is 14.4 Å². The third-order valence-electron chi connectivity index (χ3n) is 12.0. The SMILES string of the molecule is CCn1c(-c2cccnc2[C@H](C)OC)c2c3cc(ccc31)-c1csc(n1)C[C@H](NC(=O)[C@@H](Oc1ncc3n1CCC3)C(C)C)C(=O)N1CCC[C@H](N1)C(=O)OCC(C)(C)C2. The number of cyclic esters (lactones) is 1. The van der Waals surface area contributed by atoms with Crippen LogP contribution in [0.2, 0.25) is 0 Å². The summed E-state index contributed by atoms with van der Waals surface area (Å²) in [6, 6.07) is 9.19. The largest absolute Gasteiger partial charge is 0.464 e. The van der Waals surface area contributed by atoms with Crippen LogP contribution < -0.4 is 15.5 Å². The molecule has 0 saturated carbocycles. The fourth-order valence-corrected chi connectivity index (χ4v) is 9.62. The van der Waals surface area contributed by atoms with Crippen molar-refractivity contribution >= 4 is 40.0 Å². The number of hydrogen-bond donors (Lipinski definition) is 2. The van der Waals surface area contributed by atoms with E-state index in [1.54, 1.807) is 19.5 Å². The van der Waals surface area contributed by atoms with Gasteiger partial charge in [0.15, 0.2) is 6.10 Å². The summed E-state index contributed by atoms with van der Waals surface area (Å²) in [6.07, 6.45) is 6.22. The number of pyridine rings is 1. The van der Waals surface area contributed by atoms with Crippen molar-refractivity contribution in [3.8, 4) is 28.5 Å². The Morgan fingerprint density at radius 3 is 2.75 bits per heavy atom. The number of aromatic nitrogens is 5. The number of thiazole rings is 1. The van der Waals surface area contributed by atoms with Gasteiger partial charge in [0.1, 0.15) is 12.1 Å². The van der Waals surface area contributed by atoms with Crippen molar-refractivity contribution in [1.82, 2.24) is 39.8 Å². The molecule has 4 aromatic heterocycles. The zero-order chi connectivity index (χ0) is 42.3. The highest BCUT2D eigenvalue weighted by atomic mass is 32.1. The molecule has 8 rings (SSSR count). The Morgan fingerprint density at radius 1 is 1.13 bits per heavy atom. The molecule has 14 nitrogen and oxygen atoms in total. The number of amides is 2. The number of imidazole rings is 1. The smallest absolute Gasteiger partial charge is 0.324 e. The number of hydrazine groups is 1. The Labute approximate surface area is 355 Å². The fraction of sp³-hybridized carbons (Fsp3) is 0.511. The quantitative estimate of drug-likeness (QED) is 0.159. The number of fused-ring (bicyclic) bond motifs is 7. The van der Waals surface area contributed by atoms with Gasteiger partial charge in [0, 0.05) is 77.9 Å². The molecule has 0 radical (unpaired) electrons. The summed E-state index contributed by atoms with van der Waals surface area (Å²) in [4.78, 5) is 56.8. The maximum Gasteiger partial charge on any atom is 0.324 e. The number of carbonyl (C=O) groups is 3. The van der Waals surface area contributed by atoms with E-state index in [0.29, 0.717) is 36.8 Å². The van der Waals surface area contributed by atoms with Crippen LogP contribution in [0.4, 0.5) is 0 Å². The second-order valence-corrected chi connectivity index (χ2v) is 18.3. The summed E-state index contributed by atoms with van der Waals surface area (Å²) >= 11 is 1.45. The van der Waals surface area contributed by atoms with Crippen molar-refractivity contribution in [3.05, 3.63) is 70.1 Å². The average Bonchev–Trinajstić information content (AvgIpc) is 4.05. The van der Waals surface area contributed by atoms with Gasteiger partial charge in [-0.1, -0.05) is 33.8 Å². The van der Waals surface area contributed by atoms with Gasteiger partial charge in [-0.15, -0.1) is 11.3 Å². The normalized spacial score (nSPS) is 20.4. The number of nitrogens with one attached hydrogen (secondary N) is 2. The molecule has 1 fully saturated rings. The van der Waals surface area contributed by atoms with Crippen LogP contribution in [0, 0.1) is 11.3 Å². The van der Waals surface area contributed by atoms with Crippen LogP contribution in [-0.4, -0.2) is 85.3 Å². The minimum absolute atomic E-state index is 0.144. The molecule has 318 valence electrons. The number of nitrogens with zero attached hydrogens (tertiary/aromatic N) is 6. The molecule has 0 unspecified atom stereocenters. The third kappa shape index (κ3) is 8.18. The Balaban J connectivity index is 1.19. The van der Waals surface area contributed by atoms with Crippen molar-refractivity contribution in [3.63, 3.8) is 0 Å². The van der Waals surface area contributed by atoms with Gasteiger partial charge in [-0.2, -0.15) is 0 Å². The van der Waals surface area contributed by atoms with E-state index >= 15 is 0 Å². The number of aryl methyl sites for hydroxylation is 2. The Kier molecular flexibility index (Phi) is 11.9. The first kappa shape index (κ1) is 41.6. The minimum Gasteiger partial charge on any atom is -0.464 e. The molecule has 1 saturated heterocycles. The maximum absolute atomic E-state index is 14.5. The molecule has 60 heavy (non-hydrogen) atoms. The number of methoxy groups -OCH3 is 1. The Bertz CT molecular complexity index is 2400. The molecule has 6 bridgehead atoms. The number of carbonyl (C=O) groups excluding carboxylic acids is 3. The second-order valence-electron chi connectivity index (χ2n) is 17.3. The molecular weight excluding hydrogens is 781 g/mol. The summed E-state index contributed by atoms with van der Waals surface area (Å²) < 4.78 is 22.5. The van der Waals surface area contributed by atoms with Crippen LogP contribution in [0.1, 0.15) is 88.9 Å². The van der Waals surface area contributed by atoms with Crippen LogP contribution >= 0.6 is 11.3 Å². The summed E-state index contributed by atoms with van der Waals surface area (Å²) in [5, 5.41) is 8.28. The molecule has 15 heteroatoms. The van der Waals surface area contributed by atoms with Gasteiger partial charge in [0.25, 0.3) is 17.8 Å². The molecule has 1 aromatic carbocycles. The monoisotopic (exact) mass is 836 g/mol. The fourth-order valence-electron chi connectivity index (χ4n) is 8.77. The molecule has 2 N–H and O–H groups in total. The molecular formula is C45H56N8O6S. The van der Waals surface area contributed by atoms with E-state index < -0.39 is 35.5 Å². The van der Waals surface area contributed by atoms with E-state index in [0.717, 1.165) is 76.3 Å². The molecule has 3 aliphatic rings. The first-order valence-electron chi connectivity index (χ1n) is 21.2. The van der Waals surface area contributed by atoms with Crippen molar-refractivity contribution in [2.24, 2.45) is 11.3 Å². The lowest BCUT2D eigenvalue weighted by molar-refractivity contribution is -0.155. The highest BCUT2D eigenvalue weighted by molar-refractivity contribution is 7.10. The minimum atomic E-state index is -0.995. The molecule has 4 atom stereocenters. The Hall–Kier alpha value is -5.12. The van der Waals surface area contributed by atoms with E-state index in [4.69, 9.17) is 24.2 Å². The van der Waals surface area contributed by atoms with Crippen molar-refractivity contribution in [2.75, 3.05) is 20.3 Å². The Morgan fingerprint density at radius 2 is 1.97 bits per heavy atom. The molecule has 3 aliphatic heterocycles. The second kappa shape index (κ2) is 17.1. The van der Waals surface area contributed by atoms with Gasteiger partial charge in [-0.05, 0) is 81.7 Å². The van der Waals surface area contributed by atoms with E-state index in [1.165, 1.54) is 16.3 Å². The van der Waals surface area contributed by atoms with Crippen LogP contribution in [0.25, 0.3) is 33.4 Å². The number of esters is 1. The number of ether oxygens (including phenoxy) is 3. The highest BCUT2D eigenvalue weighted by Crippen LogP contribution is 2.42. The number of rotatable bonds is 9. The zero-order valence-corrected chi connectivity index (χ0v) is 36.4. The predicted octanol–water partition coefficient (Wildman–Crippen LogP) is 6.45. The number of hydrogen-bond acceptors (Lipinski definition) is 11. The van der Waals surface area contributed by atoms with Gasteiger partial charge in [-0.3, -0.25) is 28.9 Å². The summed E-state index contributed by atoms with van der Waals surface area (Å²) in [5.41, 5.74) is 10.6. The van der Waals surface area contributed by atoms with E-state index in [-0.39, 0.29) is 31.0 Å². The van der Waals surface area contributed by atoms with Crippen LogP contribution in [0.3, 0.4) is 0 Å². The predicted molar refractivity (Wildman–Crippen MR) is 229 cm³/mol. The van der Waals surface area contributed by atoms with Gasteiger partial charge in [0.05, 0.1) is 41.0 Å². The van der Waals surface area contributed by atoms with Crippen molar-refractivity contribution in [2.45, 2.75) is 117 Å². The summed E-state index contributed by atoms with van der Waals surface area (Å²) in [5.74, 6) is -1.42. The van der Waals surface area contributed by atoms with Crippen molar-refractivity contribution in [1.29, 1.82) is 0 Å². The maximum atomic E-state index is 14.5. The van der Waals surface area contributed by atoms with Gasteiger partial charge in [-0.25, -0.2) is 15.4 Å². The van der Waals surface area contributed by atoms with Crippen LogP contribution in [0.5, 0.6) is 6.01 Å². The lowest BCUT2D eigenvalue weighted by atomic mass is 9.84. The first-order valence-corrected chi connectivity index (χ1v) is 22.1. The molecule has 0 spiro atoms. The number of benzene rings is 1. The summed E-state index contributed by atoms with van der Waals surface area (Å²) in [6.45, 7) is 14.2. The van der Waals surface area contributed by atoms with Gasteiger partial charge < -0.3 is 24.1 Å². The highest BCUT2D eigenvalue weighted by Gasteiger charge is 2.37. The van der Waals surface area contributed by atoms with Crippen molar-refractivity contribution < 1.29 is 28.6 Å². The average molecular weight is 837 g/mol. The first-order chi connectivity index (χ1) is 28.8. The standard InChI is InChI=1S/C45H56N8O6S/c1-8-51-36-16-15-28-20-31(36)32(39(51)30-13-9-17-46-38(30)27(4)57-7)22-45(5,6)25-58-43(56)33-14-11-19-53(50-33)42(55)34(21-37-48-35(28)24-60-37)49-41(54)40(26(2)3)59-44-47-23-29-12-10-18-52(29)44/h9,13,15-17,20,23-24,26-27,33-34,40,50H,8,10-12,14,18-19,21-22,25H2,1-7H3,(H,49,54)/t27-,33-,34-,40-/m0/s1. The lowest BCUT2D eigenvalue weighted by Crippen LogP contribution is -2.61. The summed E-state index contributed by atoms with van der Waals surface area (Å²) in [7, 11) is 1.70. The van der Waals surface area contributed by atoms with Gasteiger partial charge >= 0.3 is 5.97 Å².